The van der Waals surface area contributed by atoms with E-state index in [0.29, 0.717) is 6.04 Å². The number of carbonyl (C=O) groups is 1. The van der Waals surface area contributed by atoms with Crippen LogP contribution in [0.5, 0.6) is 0 Å². The number of rotatable bonds is 7. The maximum absolute atomic E-state index is 12.3. The zero-order chi connectivity index (χ0) is 16.3. The number of hydrogen-bond donors (Lipinski definition) is 2. The van der Waals surface area contributed by atoms with Gasteiger partial charge in [-0.2, -0.15) is 5.26 Å². The summed E-state index contributed by atoms with van der Waals surface area (Å²) in [6.45, 7) is 7.40. The molecule has 0 aromatic carbocycles. The van der Waals surface area contributed by atoms with Crippen LogP contribution in [0.25, 0.3) is 0 Å². The van der Waals surface area contributed by atoms with Gasteiger partial charge in [-0.15, -0.1) is 10.2 Å². The average molecular weight is 339 g/mol. The largest absolute Gasteiger partial charge is 0.357 e. The van der Waals surface area contributed by atoms with Crippen LogP contribution >= 0.6 is 23.1 Å². The molecule has 1 fully saturated rings. The van der Waals surface area contributed by atoms with E-state index in [-0.39, 0.29) is 17.1 Å². The van der Waals surface area contributed by atoms with Crippen LogP contribution in [0.4, 0.5) is 5.13 Å². The van der Waals surface area contributed by atoms with Gasteiger partial charge in [-0.1, -0.05) is 36.9 Å². The molecule has 0 unspecified atom stereocenters. The molecule has 0 radical (unpaired) electrons. The van der Waals surface area contributed by atoms with Gasteiger partial charge in [0.1, 0.15) is 5.54 Å². The van der Waals surface area contributed by atoms with Gasteiger partial charge in [-0.25, -0.2) is 0 Å². The fourth-order valence-electron chi connectivity index (χ4n) is 1.58. The molecule has 1 aliphatic carbocycles. The highest BCUT2D eigenvalue weighted by atomic mass is 32.2. The smallest absolute Gasteiger partial charge is 0.234 e. The zero-order valence-corrected chi connectivity index (χ0v) is 14.8. The maximum atomic E-state index is 12.3. The van der Waals surface area contributed by atoms with Crippen LogP contribution in [0.1, 0.15) is 40.5 Å². The minimum atomic E-state index is -0.855. The fraction of sp³-hybridized carbons (Fsp3) is 0.714. The Morgan fingerprint density at radius 1 is 1.45 bits per heavy atom. The number of nitrogens with one attached hydrogen (secondary N) is 2. The molecule has 2 N–H and O–H groups in total. The second kappa shape index (κ2) is 6.84. The zero-order valence-electron chi connectivity index (χ0n) is 13.2. The van der Waals surface area contributed by atoms with Crippen molar-refractivity contribution in [3.63, 3.8) is 0 Å². The first-order chi connectivity index (χ1) is 10.3. The third-order valence-electron chi connectivity index (χ3n) is 3.73. The molecule has 0 saturated heterocycles. The quantitative estimate of drug-likeness (QED) is 0.742. The highest BCUT2D eigenvalue weighted by Gasteiger charge is 2.32. The van der Waals surface area contributed by atoms with E-state index in [9.17, 15) is 10.1 Å². The summed E-state index contributed by atoms with van der Waals surface area (Å²) in [7, 11) is 0. The average Bonchev–Trinajstić information content (AvgIpc) is 3.17. The Hall–Kier alpha value is -1.33. The number of thioether (sulfide) groups is 1. The minimum Gasteiger partial charge on any atom is -0.357 e. The highest BCUT2D eigenvalue weighted by molar-refractivity contribution is 8.02. The Morgan fingerprint density at radius 3 is 2.68 bits per heavy atom. The van der Waals surface area contributed by atoms with Crippen LogP contribution in [0.3, 0.4) is 0 Å². The summed E-state index contributed by atoms with van der Waals surface area (Å²) < 4.78 is 0.758. The van der Waals surface area contributed by atoms with E-state index in [1.165, 1.54) is 35.9 Å². The molecule has 1 saturated carbocycles. The standard InChI is InChI=1S/C14H21N5OS2/c1-8(2)14(4,7-15)17-11(20)9(3)21-13-19-18-12(22-13)16-10-5-6-10/h8-10H,5-6H2,1-4H3,(H,16,18)(H,17,20)/t9-,14-/m0/s1. The van der Waals surface area contributed by atoms with Crippen LogP contribution in [0.15, 0.2) is 4.34 Å². The molecule has 2 atom stereocenters. The van der Waals surface area contributed by atoms with Gasteiger partial charge in [0.05, 0.1) is 11.3 Å². The number of nitriles is 1. The van der Waals surface area contributed by atoms with Gasteiger partial charge in [0.15, 0.2) is 4.34 Å². The summed E-state index contributed by atoms with van der Waals surface area (Å²) in [5.41, 5.74) is -0.855. The van der Waals surface area contributed by atoms with Crippen molar-refractivity contribution in [3.05, 3.63) is 0 Å². The first-order valence-corrected chi connectivity index (χ1v) is 9.03. The summed E-state index contributed by atoms with van der Waals surface area (Å²) in [6, 6.07) is 2.72. The Labute approximate surface area is 139 Å². The van der Waals surface area contributed by atoms with Crippen molar-refractivity contribution in [1.29, 1.82) is 5.26 Å². The first kappa shape index (κ1) is 17.0. The molecule has 0 bridgehead atoms. The highest BCUT2D eigenvalue weighted by Crippen LogP contribution is 2.32. The summed E-state index contributed by atoms with van der Waals surface area (Å²) >= 11 is 2.83. The molecule has 1 aliphatic rings. The van der Waals surface area contributed by atoms with Crippen LogP contribution in [-0.4, -0.2) is 32.9 Å². The number of amides is 1. The second-order valence-corrected chi connectivity index (χ2v) is 8.58. The van der Waals surface area contributed by atoms with Gasteiger partial charge >= 0.3 is 0 Å². The van der Waals surface area contributed by atoms with E-state index >= 15 is 0 Å². The third kappa shape index (κ3) is 4.34. The van der Waals surface area contributed by atoms with E-state index in [2.05, 4.69) is 26.9 Å². The van der Waals surface area contributed by atoms with Gasteiger partial charge in [-0.05, 0) is 32.6 Å². The molecule has 0 spiro atoms. The van der Waals surface area contributed by atoms with E-state index in [0.717, 1.165) is 9.47 Å². The Kier molecular flexibility index (Phi) is 5.29. The summed E-state index contributed by atoms with van der Waals surface area (Å²) in [4.78, 5) is 12.3. The minimum absolute atomic E-state index is 0.0366. The number of nitrogens with zero attached hydrogens (tertiary/aromatic N) is 3. The van der Waals surface area contributed by atoms with Crippen molar-refractivity contribution in [3.8, 4) is 6.07 Å². The van der Waals surface area contributed by atoms with Gasteiger partial charge in [0, 0.05) is 6.04 Å². The molecule has 2 rings (SSSR count). The lowest BCUT2D eigenvalue weighted by molar-refractivity contribution is -0.121. The predicted molar refractivity (Wildman–Crippen MR) is 88.9 cm³/mol. The lowest BCUT2D eigenvalue weighted by Gasteiger charge is -2.28. The number of aromatic nitrogens is 2. The van der Waals surface area contributed by atoms with Crippen molar-refractivity contribution in [2.45, 2.75) is 61.7 Å². The van der Waals surface area contributed by atoms with Crippen LogP contribution in [0.2, 0.25) is 0 Å². The van der Waals surface area contributed by atoms with E-state index < -0.39 is 5.54 Å². The van der Waals surface area contributed by atoms with Crippen LogP contribution in [-0.2, 0) is 4.79 Å². The SMILES string of the molecule is CC(C)[C@](C)(C#N)NC(=O)[C@H](C)Sc1nnc(NC2CC2)s1. The Morgan fingerprint density at radius 2 is 2.14 bits per heavy atom. The third-order valence-corrected chi connectivity index (χ3v) is 5.77. The molecular formula is C14H21N5OS2. The van der Waals surface area contributed by atoms with E-state index in [1.807, 2.05) is 20.8 Å². The normalized spacial score (nSPS) is 18.4. The molecular weight excluding hydrogens is 318 g/mol. The van der Waals surface area contributed by atoms with Crippen LogP contribution in [0, 0.1) is 17.2 Å². The molecule has 8 heteroatoms. The molecule has 1 aromatic heterocycles. The Balaban J connectivity index is 1.90. The summed E-state index contributed by atoms with van der Waals surface area (Å²) in [5, 5.41) is 24.0. The number of hydrogen-bond acceptors (Lipinski definition) is 7. The van der Waals surface area contributed by atoms with Crippen molar-refractivity contribution in [2.24, 2.45) is 5.92 Å². The fourth-order valence-corrected chi connectivity index (χ4v) is 3.55. The summed E-state index contributed by atoms with van der Waals surface area (Å²) in [6.07, 6.45) is 2.37. The number of carbonyl (C=O) groups excluding carboxylic acids is 1. The molecule has 0 aliphatic heterocycles. The first-order valence-electron chi connectivity index (χ1n) is 7.34. The Bertz CT molecular complexity index is 578. The van der Waals surface area contributed by atoms with E-state index in [4.69, 9.17) is 0 Å². The topological polar surface area (TPSA) is 90.7 Å². The van der Waals surface area contributed by atoms with Gasteiger partial charge < -0.3 is 10.6 Å². The molecule has 6 nitrogen and oxygen atoms in total. The van der Waals surface area contributed by atoms with Crippen molar-refractivity contribution < 1.29 is 4.79 Å². The van der Waals surface area contributed by atoms with Crippen molar-refractivity contribution in [1.82, 2.24) is 15.5 Å². The van der Waals surface area contributed by atoms with Crippen molar-refractivity contribution in [2.75, 3.05) is 5.32 Å². The second-order valence-electron chi connectivity index (χ2n) is 6.01. The van der Waals surface area contributed by atoms with Gasteiger partial charge in [0.2, 0.25) is 11.0 Å². The molecule has 1 amide bonds. The van der Waals surface area contributed by atoms with E-state index in [1.54, 1.807) is 6.92 Å². The monoisotopic (exact) mass is 339 g/mol. The van der Waals surface area contributed by atoms with Gasteiger partial charge in [-0.3, -0.25) is 4.79 Å². The molecule has 120 valence electrons. The maximum Gasteiger partial charge on any atom is 0.234 e. The molecule has 1 aromatic rings. The lowest BCUT2D eigenvalue weighted by Crippen LogP contribution is -2.51. The lowest BCUT2D eigenvalue weighted by atomic mass is 9.90. The summed E-state index contributed by atoms with van der Waals surface area (Å²) in [5.74, 6) is -0.121. The number of anilines is 1. The molecule has 1 heterocycles. The van der Waals surface area contributed by atoms with Crippen LogP contribution < -0.4 is 10.6 Å². The van der Waals surface area contributed by atoms with Crippen molar-refractivity contribution >= 4 is 34.1 Å². The van der Waals surface area contributed by atoms with Gasteiger partial charge in [0.25, 0.3) is 0 Å². The molecule has 22 heavy (non-hydrogen) atoms. The predicted octanol–water partition coefficient (Wildman–Crippen LogP) is 2.65.